The fourth-order valence-electron chi connectivity index (χ4n) is 4.08. The molecule has 0 amide bonds. The van der Waals surface area contributed by atoms with E-state index >= 15 is 0 Å². The predicted octanol–water partition coefficient (Wildman–Crippen LogP) is 6.04. The lowest BCUT2D eigenvalue weighted by atomic mass is 9.82. The Bertz CT molecular complexity index is 802. The van der Waals surface area contributed by atoms with Crippen molar-refractivity contribution in [2.24, 2.45) is 0 Å². The highest BCUT2D eigenvalue weighted by atomic mass is 16.5. The number of rotatable bonds is 11. The summed E-state index contributed by atoms with van der Waals surface area (Å²) in [5, 5.41) is 9.70. The zero-order valence-corrected chi connectivity index (χ0v) is 18.3. The van der Waals surface area contributed by atoms with Crippen molar-refractivity contribution in [3.8, 4) is 16.9 Å². The molecule has 2 aromatic carbocycles. The summed E-state index contributed by atoms with van der Waals surface area (Å²) in [7, 11) is 0. The number of benzene rings is 2. The number of hydrogen-bond acceptors (Lipinski definition) is 4. The molecule has 1 aliphatic rings. The predicted molar refractivity (Wildman–Crippen MR) is 124 cm³/mol. The van der Waals surface area contributed by atoms with Crippen LogP contribution in [0.1, 0.15) is 62.8 Å². The average Bonchev–Trinajstić information content (AvgIpc) is 2.81. The van der Waals surface area contributed by atoms with Crippen molar-refractivity contribution >= 4 is 5.97 Å². The maximum absolute atomic E-state index is 10.9. The van der Waals surface area contributed by atoms with Crippen LogP contribution in [-0.4, -0.2) is 30.4 Å². The van der Waals surface area contributed by atoms with Gasteiger partial charge in [0.1, 0.15) is 5.75 Å². The molecular formula is C27H34O4. The number of carbonyl (C=O) groups excluding carboxylic acids is 1. The summed E-state index contributed by atoms with van der Waals surface area (Å²) < 4.78 is 10.8. The summed E-state index contributed by atoms with van der Waals surface area (Å²) in [5.74, 6) is 1.11. The quantitative estimate of drug-likeness (QED) is 0.272. The number of hydrogen-bond donors (Lipinski definition) is 1. The highest BCUT2D eigenvalue weighted by Crippen LogP contribution is 2.34. The van der Waals surface area contributed by atoms with Gasteiger partial charge in [0.05, 0.1) is 19.3 Å². The zero-order chi connectivity index (χ0) is 21.9. The van der Waals surface area contributed by atoms with E-state index in [1.165, 1.54) is 22.8 Å². The molecule has 0 bridgehead atoms. The summed E-state index contributed by atoms with van der Waals surface area (Å²) in [5.41, 5.74) is 3.78. The molecule has 4 nitrogen and oxygen atoms in total. The Kier molecular flexibility index (Phi) is 9.16. The van der Waals surface area contributed by atoms with Crippen LogP contribution in [0.25, 0.3) is 11.1 Å². The van der Waals surface area contributed by atoms with Crippen LogP contribution in [0.4, 0.5) is 0 Å². The molecule has 0 spiro atoms. The summed E-state index contributed by atoms with van der Waals surface area (Å²) in [6, 6.07) is 17.1. The lowest BCUT2D eigenvalue weighted by molar-refractivity contribution is -0.137. The minimum atomic E-state index is -0.354. The number of aliphatic hydroxyl groups is 1. The number of carbonyl (C=O) groups is 1. The van der Waals surface area contributed by atoms with E-state index in [2.05, 4.69) is 43.0 Å². The summed E-state index contributed by atoms with van der Waals surface area (Å²) >= 11 is 0. The fraction of sp³-hybridized carbons (Fsp3) is 0.444. The Morgan fingerprint density at radius 1 is 0.871 bits per heavy atom. The van der Waals surface area contributed by atoms with Crippen molar-refractivity contribution in [2.75, 3.05) is 13.2 Å². The maximum Gasteiger partial charge on any atom is 0.330 e. The first-order chi connectivity index (χ1) is 15.2. The van der Waals surface area contributed by atoms with Gasteiger partial charge in [-0.25, -0.2) is 4.79 Å². The third kappa shape index (κ3) is 7.55. The van der Waals surface area contributed by atoms with Gasteiger partial charge in [0.15, 0.2) is 0 Å². The number of ether oxygens (including phenoxy) is 2. The minimum absolute atomic E-state index is 0.106. The van der Waals surface area contributed by atoms with Crippen molar-refractivity contribution in [1.82, 2.24) is 0 Å². The van der Waals surface area contributed by atoms with Gasteiger partial charge < -0.3 is 14.6 Å². The van der Waals surface area contributed by atoms with Gasteiger partial charge in [0, 0.05) is 6.08 Å². The second-order valence-electron chi connectivity index (χ2n) is 8.29. The molecule has 2 aromatic rings. The number of esters is 1. The van der Waals surface area contributed by atoms with Gasteiger partial charge in [-0.1, -0.05) is 43.0 Å². The van der Waals surface area contributed by atoms with Crippen LogP contribution in [0.2, 0.25) is 0 Å². The van der Waals surface area contributed by atoms with Gasteiger partial charge in [-0.15, -0.1) is 0 Å². The van der Waals surface area contributed by atoms with Gasteiger partial charge in [0.2, 0.25) is 0 Å². The molecule has 0 saturated heterocycles. The average molecular weight is 423 g/mol. The Morgan fingerprint density at radius 2 is 1.45 bits per heavy atom. The molecule has 0 atom stereocenters. The second kappa shape index (κ2) is 12.3. The topological polar surface area (TPSA) is 55.8 Å². The number of unbranched alkanes of at least 4 members (excludes halogenated alkanes) is 3. The first-order valence-corrected chi connectivity index (χ1v) is 11.5. The van der Waals surface area contributed by atoms with E-state index < -0.39 is 0 Å². The zero-order valence-electron chi connectivity index (χ0n) is 18.3. The van der Waals surface area contributed by atoms with E-state index in [1.54, 1.807) is 0 Å². The standard InChI is InChI=1S/C27H34O4/c1-2-27(29)31-20-6-4-3-5-19-30-26-17-13-24(14-18-26)22-9-7-21(8-10-22)23-11-15-25(28)16-12-23/h2,7-10,13-14,17-18,23,25,28H,1,3-6,11-12,15-16,19-20H2. The van der Waals surface area contributed by atoms with E-state index in [0.717, 1.165) is 57.1 Å². The lowest BCUT2D eigenvalue weighted by Gasteiger charge is -2.25. The Labute approximate surface area is 185 Å². The van der Waals surface area contributed by atoms with E-state index in [9.17, 15) is 9.90 Å². The molecule has 1 saturated carbocycles. The fourth-order valence-corrected chi connectivity index (χ4v) is 4.08. The van der Waals surface area contributed by atoms with Crippen molar-refractivity contribution in [3.63, 3.8) is 0 Å². The van der Waals surface area contributed by atoms with Crippen LogP contribution >= 0.6 is 0 Å². The van der Waals surface area contributed by atoms with Crippen LogP contribution in [0, 0.1) is 0 Å². The van der Waals surface area contributed by atoms with Crippen LogP contribution in [0.15, 0.2) is 61.2 Å². The Balaban J connectivity index is 1.37. The van der Waals surface area contributed by atoms with Crippen molar-refractivity contribution in [2.45, 2.75) is 63.4 Å². The first-order valence-electron chi connectivity index (χ1n) is 11.5. The second-order valence-corrected chi connectivity index (χ2v) is 8.29. The van der Waals surface area contributed by atoms with Crippen LogP contribution < -0.4 is 4.74 Å². The first kappa shape index (κ1) is 23.1. The smallest absolute Gasteiger partial charge is 0.330 e. The molecule has 0 heterocycles. The number of aliphatic hydroxyl groups excluding tert-OH is 1. The van der Waals surface area contributed by atoms with Crippen LogP contribution in [-0.2, 0) is 9.53 Å². The largest absolute Gasteiger partial charge is 0.494 e. The van der Waals surface area contributed by atoms with Gasteiger partial charge in [-0.3, -0.25) is 0 Å². The van der Waals surface area contributed by atoms with Gasteiger partial charge in [-0.2, -0.15) is 0 Å². The third-order valence-corrected chi connectivity index (χ3v) is 5.98. The van der Waals surface area contributed by atoms with E-state index in [4.69, 9.17) is 9.47 Å². The molecule has 0 aromatic heterocycles. The van der Waals surface area contributed by atoms with Crippen molar-refractivity contribution in [3.05, 3.63) is 66.7 Å². The molecule has 166 valence electrons. The highest BCUT2D eigenvalue weighted by molar-refractivity contribution is 5.81. The van der Waals surface area contributed by atoms with Crippen LogP contribution in [0.3, 0.4) is 0 Å². The molecule has 1 aliphatic carbocycles. The monoisotopic (exact) mass is 422 g/mol. The minimum Gasteiger partial charge on any atom is -0.494 e. The van der Waals surface area contributed by atoms with Crippen molar-refractivity contribution in [1.29, 1.82) is 0 Å². The van der Waals surface area contributed by atoms with Crippen LogP contribution in [0.5, 0.6) is 5.75 Å². The molecule has 0 radical (unpaired) electrons. The van der Waals surface area contributed by atoms with Gasteiger partial charge in [0.25, 0.3) is 0 Å². The van der Waals surface area contributed by atoms with Crippen molar-refractivity contribution < 1.29 is 19.4 Å². The third-order valence-electron chi connectivity index (χ3n) is 5.98. The summed E-state index contributed by atoms with van der Waals surface area (Å²) in [4.78, 5) is 10.9. The normalized spacial score (nSPS) is 18.4. The molecule has 4 heteroatoms. The SMILES string of the molecule is C=CC(=O)OCCCCCCOc1ccc(-c2ccc(C3CCC(O)CC3)cc2)cc1. The van der Waals surface area contributed by atoms with E-state index in [0.29, 0.717) is 19.1 Å². The molecule has 1 N–H and O–H groups in total. The molecule has 3 rings (SSSR count). The Hall–Kier alpha value is -2.59. The molecule has 0 aliphatic heterocycles. The lowest BCUT2D eigenvalue weighted by Crippen LogP contribution is -2.16. The maximum atomic E-state index is 10.9. The highest BCUT2D eigenvalue weighted by Gasteiger charge is 2.20. The molecule has 31 heavy (non-hydrogen) atoms. The van der Waals surface area contributed by atoms with Gasteiger partial charge in [-0.05, 0) is 86.1 Å². The molecule has 0 unspecified atom stereocenters. The van der Waals surface area contributed by atoms with Gasteiger partial charge >= 0.3 is 5.97 Å². The summed E-state index contributed by atoms with van der Waals surface area (Å²) in [6.45, 7) is 4.52. The molecule has 1 fully saturated rings. The molecular weight excluding hydrogens is 388 g/mol. The Morgan fingerprint density at radius 3 is 2.06 bits per heavy atom. The van der Waals surface area contributed by atoms with E-state index in [-0.39, 0.29) is 12.1 Å². The van der Waals surface area contributed by atoms with E-state index in [1.807, 2.05) is 12.1 Å². The summed E-state index contributed by atoms with van der Waals surface area (Å²) in [6.07, 6.45) is 9.00.